The molecule has 5 rings (SSSR count). The summed E-state index contributed by atoms with van der Waals surface area (Å²) in [6.45, 7) is 2.25. The van der Waals surface area contributed by atoms with Crippen molar-refractivity contribution < 1.29 is 9.18 Å². The molecular weight excluding hydrogens is 433 g/mol. The number of aryl methyl sites for hydroxylation is 1. The van der Waals surface area contributed by atoms with Crippen LogP contribution in [0.15, 0.2) is 84.0 Å². The molecule has 0 saturated carbocycles. The van der Waals surface area contributed by atoms with E-state index in [1.165, 1.54) is 18.3 Å². The molecule has 5 aromatic rings. The molecule has 0 saturated heterocycles. The van der Waals surface area contributed by atoms with Crippen molar-refractivity contribution in [1.82, 2.24) is 19.7 Å². The van der Waals surface area contributed by atoms with Crippen LogP contribution in [0.25, 0.3) is 21.9 Å². The molecule has 3 heterocycles. The number of halogens is 1. The van der Waals surface area contributed by atoms with Gasteiger partial charge in [-0.05, 0) is 65.9 Å². The minimum Gasteiger partial charge on any atom is -0.321 e. The Labute approximate surface area is 193 Å². The summed E-state index contributed by atoms with van der Waals surface area (Å²) in [5.74, 6) is -0.961. The summed E-state index contributed by atoms with van der Waals surface area (Å²) >= 11 is 0. The van der Waals surface area contributed by atoms with Gasteiger partial charge in [-0.25, -0.2) is 4.98 Å². The highest BCUT2D eigenvalue weighted by Gasteiger charge is 2.10. The monoisotopic (exact) mass is 453 g/mol. The van der Waals surface area contributed by atoms with E-state index in [4.69, 9.17) is 0 Å². The molecule has 2 N–H and O–H groups in total. The highest BCUT2D eigenvalue weighted by molar-refractivity contribution is 6.04. The Kier molecular flexibility index (Phi) is 5.47. The number of nitrogens with zero attached hydrogens (tertiary/aromatic N) is 3. The van der Waals surface area contributed by atoms with Gasteiger partial charge < -0.3 is 9.88 Å². The first-order valence-corrected chi connectivity index (χ1v) is 10.6. The highest BCUT2D eigenvalue weighted by Crippen LogP contribution is 2.24. The fourth-order valence-corrected chi connectivity index (χ4v) is 3.89. The normalized spacial score (nSPS) is 11.0. The fourth-order valence-electron chi connectivity index (χ4n) is 3.89. The van der Waals surface area contributed by atoms with E-state index in [-0.39, 0.29) is 11.5 Å². The Balaban J connectivity index is 1.39. The van der Waals surface area contributed by atoms with Crippen LogP contribution in [0.2, 0.25) is 0 Å². The van der Waals surface area contributed by atoms with E-state index in [0.717, 1.165) is 27.8 Å². The van der Waals surface area contributed by atoms with Gasteiger partial charge in [0.1, 0.15) is 0 Å². The molecule has 168 valence electrons. The van der Waals surface area contributed by atoms with E-state index in [2.05, 4.69) is 20.5 Å². The van der Waals surface area contributed by atoms with Crippen molar-refractivity contribution in [2.75, 3.05) is 5.32 Å². The molecule has 3 aromatic heterocycles. The number of carbonyl (C=O) groups excluding carboxylic acids is 1. The van der Waals surface area contributed by atoms with Gasteiger partial charge >= 0.3 is 0 Å². The third kappa shape index (κ3) is 4.21. The van der Waals surface area contributed by atoms with Crippen molar-refractivity contribution in [3.8, 4) is 11.1 Å². The second-order valence-electron chi connectivity index (χ2n) is 7.96. The first-order chi connectivity index (χ1) is 16.5. The third-order valence-electron chi connectivity index (χ3n) is 5.65. The molecule has 0 aliphatic carbocycles. The number of fused-ring (bicyclic) bond motifs is 1. The van der Waals surface area contributed by atoms with Crippen LogP contribution in [0.3, 0.4) is 0 Å². The van der Waals surface area contributed by atoms with Crippen LogP contribution < -0.4 is 10.9 Å². The summed E-state index contributed by atoms with van der Waals surface area (Å²) in [7, 11) is 0. The van der Waals surface area contributed by atoms with Gasteiger partial charge in [0.05, 0.1) is 24.1 Å². The van der Waals surface area contributed by atoms with Gasteiger partial charge in [0.15, 0.2) is 0 Å². The molecule has 7 nitrogen and oxygen atoms in total. The maximum atomic E-state index is 13.1. The number of aromatic nitrogens is 4. The molecule has 0 radical (unpaired) electrons. The maximum absolute atomic E-state index is 13.1. The number of carbonyl (C=O) groups is 1. The first-order valence-electron chi connectivity index (χ1n) is 10.6. The summed E-state index contributed by atoms with van der Waals surface area (Å²) in [5, 5.41) is 11.2. The zero-order chi connectivity index (χ0) is 23.7. The number of nitrogens with one attached hydrogen (secondary N) is 2. The van der Waals surface area contributed by atoms with Crippen molar-refractivity contribution in [3.63, 3.8) is 0 Å². The Bertz CT molecular complexity index is 1570. The van der Waals surface area contributed by atoms with Gasteiger partial charge in [0, 0.05) is 28.9 Å². The van der Waals surface area contributed by atoms with Crippen molar-refractivity contribution in [1.29, 1.82) is 0 Å². The predicted octanol–water partition coefficient (Wildman–Crippen LogP) is 4.53. The largest absolute Gasteiger partial charge is 0.321 e. The zero-order valence-electron chi connectivity index (χ0n) is 18.2. The van der Waals surface area contributed by atoms with Gasteiger partial charge in [-0.1, -0.05) is 18.2 Å². The molecule has 0 bridgehead atoms. The SMILES string of the molecule is Cc1n[nH]cc1-c1ccc2c(=O)n(Cc3cccc(C(=O)Nc4ccc(F)nc4)c3)ccc2c1. The molecule has 0 aliphatic rings. The van der Waals surface area contributed by atoms with Crippen molar-refractivity contribution in [2.45, 2.75) is 13.5 Å². The average Bonchev–Trinajstić information content (AvgIpc) is 3.28. The number of amides is 1. The topological polar surface area (TPSA) is 92.7 Å². The molecular formula is C26H20FN5O2. The second-order valence-corrected chi connectivity index (χ2v) is 7.96. The number of hydrogen-bond donors (Lipinski definition) is 2. The van der Waals surface area contributed by atoms with Gasteiger partial charge in [-0.15, -0.1) is 0 Å². The maximum Gasteiger partial charge on any atom is 0.258 e. The smallest absolute Gasteiger partial charge is 0.258 e. The Hall–Kier alpha value is -4.59. The lowest BCUT2D eigenvalue weighted by molar-refractivity contribution is 0.102. The van der Waals surface area contributed by atoms with Crippen LogP contribution in [-0.4, -0.2) is 25.7 Å². The van der Waals surface area contributed by atoms with E-state index in [1.54, 1.807) is 29.0 Å². The summed E-state index contributed by atoms with van der Waals surface area (Å²) < 4.78 is 14.6. The Morgan fingerprint density at radius 3 is 2.76 bits per heavy atom. The molecule has 0 atom stereocenters. The number of H-pyrrole nitrogens is 1. The van der Waals surface area contributed by atoms with Gasteiger partial charge in [0.25, 0.3) is 11.5 Å². The van der Waals surface area contributed by atoms with Gasteiger partial charge in [-0.3, -0.25) is 14.7 Å². The lowest BCUT2D eigenvalue weighted by Gasteiger charge is -2.10. The zero-order valence-corrected chi connectivity index (χ0v) is 18.2. The fraction of sp³-hybridized carbons (Fsp3) is 0.0769. The van der Waals surface area contributed by atoms with E-state index in [1.807, 2.05) is 43.5 Å². The molecule has 0 spiro atoms. The van der Waals surface area contributed by atoms with Crippen LogP contribution in [0.1, 0.15) is 21.6 Å². The van der Waals surface area contributed by atoms with E-state index < -0.39 is 5.95 Å². The summed E-state index contributed by atoms with van der Waals surface area (Å²) in [6, 6.07) is 17.3. The minimum absolute atomic E-state index is 0.111. The number of rotatable bonds is 5. The average molecular weight is 453 g/mol. The van der Waals surface area contributed by atoms with Crippen molar-refractivity contribution >= 4 is 22.4 Å². The second kappa shape index (κ2) is 8.74. The minimum atomic E-state index is -0.617. The summed E-state index contributed by atoms with van der Waals surface area (Å²) in [6.07, 6.45) is 4.85. The van der Waals surface area contributed by atoms with Gasteiger partial charge in [0.2, 0.25) is 5.95 Å². The lowest BCUT2D eigenvalue weighted by atomic mass is 10.0. The predicted molar refractivity (Wildman–Crippen MR) is 128 cm³/mol. The highest BCUT2D eigenvalue weighted by atomic mass is 19.1. The van der Waals surface area contributed by atoms with E-state index in [9.17, 15) is 14.0 Å². The number of pyridine rings is 2. The molecule has 0 aliphatic heterocycles. The molecule has 34 heavy (non-hydrogen) atoms. The Morgan fingerprint density at radius 1 is 1.12 bits per heavy atom. The summed E-state index contributed by atoms with van der Waals surface area (Å²) in [4.78, 5) is 29.2. The molecule has 0 unspecified atom stereocenters. The lowest BCUT2D eigenvalue weighted by Crippen LogP contribution is -2.20. The van der Waals surface area contributed by atoms with Crippen molar-refractivity contribution in [3.05, 3.63) is 112 Å². The quantitative estimate of drug-likeness (QED) is 0.382. The van der Waals surface area contributed by atoms with Gasteiger partial charge in [-0.2, -0.15) is 9.49 Å². The number of benzene rings is 2. The molecule has 1 amide bonds. The number of hydrogen-bond acceptors (Lipinski definition) is 4. The number of anilines is 1. The van der Waals surface area contributed by atoms with Crippen LogP contribution in [-0.2, 0) is 6.54 Å². The van der Waals surface area contributed by atoms with Crippen LogP contribution in [0.5, 0.6) is 0 Å². The first kappa shape index (κ1) is 21.3. The number of aromatic amines is 1. The molecule has 0 fully saturated rings. The van der Waals surface area contributed by atoms with Crippen LogP contribution >= 0.6 is 0 Å². The van der Waals surface area contributed by atoms with E-state index in [0.29, 0.717) is 23.2 Å². The molecule has 2 aromatic carbocycles. The standard InChI is InChI=1S/C26H20FN5O2/c1-16-23(14-29-31-16)18-5-7-22-19(12-18)9-10-32(26(22)34)15-17-3-2-4-20(11-17)25(33)30-21-6-8-24(27)28-13-21/h2-14H,15H2,1H3,(H,29,31)(H,30,33). The van der Waals surface area contributed by atoms with E-state index >= 15 is 0 Å². The van der Waals surface area contributed by atoms with Crippen LogP contribution in [0.4, 0.5) is 10.1 Å². The molecule has 8 heteroatoms. The van der Waals surface area contributed by atoms with Crippen LogP contribution in [0, 0.1) is 12.9 Å². The summed E-state index contributed by atoms with van der Waals surface area (Å²) in [5.41, 5.74) is 4.40. The van der Waals surface area contributed by atoms with Crippen molar-refractivity contribution in [2.24, 2.45) is 0 Å². The Morgan fingerprint density at radius 2 is 2.00 bits per heavy atom. The third-order valence-corrected chi connectivity index (χ3v) is 5.65.